The SMILES string of the molecule is CC1CC(C(=O)NCC2COCCO2)(C(N)=NO)C1. The summed E-state index contributed by atoms with van der Waals surface area (Å²) in [5.74, 6) is 0.194. The normalized spacial score (nSPS) is 35.5. The van der Waals surface area contributed by atoms with Crippen LogP contribution >= 0.6 is 0 Å². The summed E-state index contributed by atoms with van der Waals surface area (Å²) in [5.41, 5.74) is 4.81. The smallest absolute Gasteiger partial charge is 0.234 e. The van der Waals surface area contributed by atoms with Gasteiger partial charge in [0, 0.05) is 6.54 Å². The molecule has 1 amide bonds. The zero-order chi connectivity index (χ0) is 13.9. The van der Waals surface area contributed by atoms with E-state index in [2.05, 4.69) is 10.5 Å². The molecule has 1 saturated heterocycles. The predicted octanol–water partition coefficient (Wildman–Crippen LogP) is -0.319. The van der Waals surface area contributed by atoms with Crippen LogP contribution in [0.1, 0.15) is 19.8 Å². The van der Waals surface area contributed by atoms with Crippen molar-refractivity contribution in [3.63, 3.8) is 0 Å². The fourth-order valence-electron chi connectivity index (χ4n) is 2.77. The van der Waals surface area contributed by atoms with Crippen molar-refractivity contribution in [2.45, 2.75) is 25.9 Å². The van der Waals surface area contributed by atoms with E-state index in [1.807, 2.05) is 6.92 Å². The Balaban J connectivity index is 1.90. The van der Waals surface area contributed by atoms with Crippen molar-refractivity contribution in [3.05, 3.63) is 0 Å². The Morgan fingerprint density at radius 1 is 1.53 bits per heavy atom. The Morgan fingerprint density at radius 3 is 2.79 bits per heavy atom. The van der Waals surface area contributed by atoms with Crippen molar-refractivity contribution in [2.24, 2.45) is 22.2 Å². The van der Waals surface area contributed by atoms with Crippen LogP contribution in [-0.4, -0.2) is 49.4 Å². The molecule has 0 spiro atoms. The molecule has 2 rings (SSSR count). The maximum absolute atomic E-state index is 12.3. The van der Waals surface area contributed by atoms with E-state index in [1.165, 1.54) is 0 Å². The number of nitrogens with one attached hydrogen (secondary N) is 1. The van der Waals surface area contributed by atoms with Crippen LogP contribution in [-0.2, 0) is 14.3 Å². The quantitative estimate of drug-likeness (QED) is 0.281. The van der Waals surface area contributed by atoms with Gasteiger partial charge in [-0.25, -0.2) is 0 Å². The van der Waals surface area contributed by atoms with Gasteiger partial charge in [-0.05, 0) is 18.8 Å². The van der Waals surface area contributed by atoms with Gasteiger partial charge < -0.3 is 25.7 Å². The van der Waals surface area contributed by atoms with E-state index in [1.54, 1.807) is 0 Å². The Bertz CT molecular complexity index is 360. The number of hydrogen-bond acceptors (Lipinski definition) is 5. The van der Waals surface area contributed by atoms with E-state index in [0.717, 1.165) is 0 Å². The van der Waals surface area contributed by atoms with Crippen LogP contribution < -0.4 is 11.1 Å². The van der Waals surface area contributed by atoms with Gasteiger partial charge in [0.25, 0.3) is 0 Å². The molecule has 0 aromatic carbocycles. The van der Waals surface area contributed by atoms with E-state index in [-0.39, 0.29) is 17.8 Å². The molecule has 19 heavy (non-hydrogen) atoms. The lowest BCUT2D eigenvalue weighted by Gasteiger charge is -2.43. The first-order chi connectivity index (χ1) is 9.08. The molecule has 2 fully saturated rings. The monoisotopic (exact) mass is 271 g/mol. The Labute approximate surface area is 112 Å². The molecule has 1 saturated carbocycles. The van der Waals surface area contributed by atoms with Crippen molar-refractivity contribution in [1.82, 2.24) is 5.32 Å². The maximum Gasteiger partial charge on any atom is 0.234 e. The summed E-state index contributed by atoms with van der Waals surface area (Å²) >= 11 is 0. The van der Waals surface area contributed by atoms with Crippen LogP contribution in [0.3, 0.4) is 0 Å². The van der Waals surface area contributed by atoms with Crippen molar-refractivity contribution >= 4 is 11.7 Å². The number of nitrogens with zero attached hydrogens (tertiary/aromatic N) is 1. The molecule has 0 bridgehead atoms. The summed E-state index contributed by atoms with van der Waals surface area (Å²) in [6.07, 6.45) is 1.09. The van der Waals surface area contributed by atoms with Gasteiger partial charge in [0.1, 0.15) is 5.41 Å². The zero-order valence-electron chi connectivity index (χ0n) is 11.1. The third-order valence-corrected chi connectivity index (χ3v) is 3.80. The van der Waals surface area contributed by atoms with E-state index in [4.69, 9.17) is 20.4 Å². The van der Waals surface area contributed by atoms with Gasteiger partial charge in [-0.2, -0.15) is 0 Å². The molecule has 1 atom stereocenters. The molecule has 1 aliphatic carbocycles. The maximum atomic E-state index is 12.3. The lowest BCUT2D eigenvalue weighted by molar-refractivity contribution is -0.135. The van der Waals surface area contributed by atoms with E-state index >= 15 is 0 Å². The Kier molecular flexibility index (Phi) is 4.26. The van der Waals surface area contributed by atoms with E-state index in [9.17, 15) is 4.79 Å². The highest BCUT2D eigenvalue weighted by Gasteiger charge is 2.52. The highest BCUT2D eigenvalue weighted by Crippen LogP contribution is 2.45. The van der Waals surface area contributed by atoms with Crippen molar-refractivity contribution in [2.75, 3.05) is 26.4 Å². The lowest BCUT2D eigenvalue weighted by atomic mass is 9.61. The Morgan fingerprint density at radius 2 is 2.26 bits per heavy atom. The fourth-order valence-corrected chi connectivity index (χ4v) is 2.77. The molecular formula is C12H21N3O4. The number of carbonyl (C=O) groups is 1. The number of hydrogen-bond donors (Lipinski definition) is 3. The average Bonchev–Trinajstić information content (AvgIpc) is 2.41. The highest BCUT2D eigenvalue weighted by atomic mass is 16.6. The zero-order valence-corrected chi connectivity index (χ0v) is 11.1. The molecule has 1 heterocycles. The van der Waals surface area contributed by atoms with Gasteiger partial charge in [-0.15, -0.1) is 0 Å². The van der Waals surface area contributed by atoms with Crippen LogP contribution in [0.15, 0.2) is 5.16 Å². The highest BCUT2D eigenvalue weighted by molar-refractivity contribution is 6.07. The van der Waals surface area contributed by atoms with Crippen LogP contribution in [0, 0.1) is 11.3 Å². The number of ether oxygens (including phenoxy) is 2. The van der Waals surface area contributed by atoms with Gasteiger partial charge >= 0.3 is 0 Å². The van der Waals surface area contributed by atoms with Crippen LogP contribution in [0.2, 0.25) is 0 Å². The summed E-state index contributed by atoms with van der Waals surface area (Å²) in [5, 5.41) is 14.7. The number of amidine groups is 1. The third-order valence-electron chi connectivity index (χ3n) is 3.80. The molecule has 4 N–H and O–H groups in total. The molecule has 1 unspecified atom stereocenters. The number of rotatable bonds is 4. The van der Waals surface area contributed by atoms with Gasteiger partial charge in [-0.1, -0.05) is 12.1 Å². The topological polar surface area (TPSA) is 106 Å². The van der Waals surface area contributed by atoms with Gasteiger partial charge in [-0.3, -0.25) is 4.79 Å². The molecule has 7 nitrogen and oxygen atoms in total. The average molecular weight is 271 g/mol. The standard InChI is InChI=1S/C12H21N3O4/c1-8-4-12(5-8,10(13)15-17)11(16)14-6-9-7-18-2-3-19-9/h8-9,17H,2-7H2,1H3,(H2,13,15)(H,14,16). The van der Waals surface area contributed by atoms with E-state index < -0.39 is 5.41 Å². The minimum Gasteiger partial charge on any atom is -0.409 e. The number of carbonyl (C=O) groups excluding carboxylic acids is 1. The molecule has 1 aliphatic heterocycles. The van der Waals surface area contributed by atoms with Gasteiger partial charge in [0.05, 0.1) is 25.9 Å². The summed E-state index contributed by atoms with van der Waals surface area (Å²) in [7, 11) is 0. The number of amides is 1. The van der Waals surface area contributed by atoms with Crippen LogP contribution in [0.4, 0.5) is 0 Å². The van der Waals surface area contributed by atoms with Crippen molar-refractivity contribution < 1.29 is 19.5 Å². The minimum absolute atomic E-state index is 0.0103. The van der Waals surface area contributed by atoms with Crippen molar-refractivity contribution in [3.8, 4) is 0 Å². The third kappa shape index (κ3) is 2.82. The minimum atomic E-state index is -0.857. The first kappa shape index (κ1) is 14.1. The molecule has 0 aromatic heterocycles. The summed E-state index contributed by atoms with van der Waals surface area (Å²) in [6.45, 7) is 4.04. The lowest BCUT2D eigenvalue weighted by Crippen LogP contribution is -2.57. The van der Waals surface area contributed by atoms with Gasteiger partial charge in [0.15, 0.2) is 5.84 Å². The molecule has 2 aliphatic rings. The van der Waals surface area contributed by atoms with Crippen LogP contribution in [0.5, 0.6) is 0 Å². The largest absolute Gasteiger partial charge is 0.409 e. The summed E-state index contributed by atoms with van der Waals surface area (Å²) in [6, 6.07) is 0. The first-order valence-corrected chi connectivity index (χ1v) is 6.54. The Hall–Kier alpha value is -1.34. The first-order valence-electron chi connectivity index (χ1n) is 6.54. The van der Waals surface area contributed by atoms with Crippen molar-refractivity contribution in [1.29, 1.82) is 0 Å². The molecular weight excluding hydrogens is 250 g/mol. The summed E-state index contributed by atoms with van der Waals surface area (Å²) in [4.78, 5) is 12.3. The summed E-state index contributed by atoms with van der Waals surface area (Å²) < 4.78 is 10.7. The van der Waals surface area contributed by atoms with Crippen LogP contribution in [0.25, 0.3) is 0 Å². The number of oxime groups is 1. The second-order valence-corrected chi connectivity index (χ2v) is 5.36. The molecule has 0 radical (unpaired) electrons. The number of nitrogens with two attached hydrogens (primary N) is 1. The fraction of sp³-hybridized carbons (Fsp3) is 0.833. The predicted molar refractivity (Wildman–Crippen MR) is 67.8 cm³/mol. The van der Waals surface area contributed by atoms with Gasteiger partial charge in [0.2, 0.25) is 5.91 Å². The molecule has 0 aromatic rings. The second-order valence-electron chi connectivity index (χ2n) is 5.36. The molecule has 108 valence electrons. The van der Waals surface area contributed by atoms with E-state index in [0.29, 0.717) is 45.1 Å². The molecule has 7 heteroatoms. The second kappa shape index (κ2) is 5.75.